The van der Waals surface area contributed by atoms with E-state index in [1.165, 1.54) is 37.7 Å². The van der Waals surface area contributed by atoms with Crippen LogP contribution in [0, 0.1) is 5.92 Å². The number of amides is 1. The molecule has 1 saturated carbocycles. The summed E-state index contributed by atoms with van der Waals surface area (Å²) in [5, 5.41) is 26.7. The number of aliphatic hydroxyl groups is 1. The molecule has 2 aromatic rings. The third-order valence-corrected chi connectivity index (χ3v) is 13.5. The van der Waals surface area contributed by atoms with E-state index >= 15 is 0 Å². The number of aromatic hydroxyl groups is 1. The van der Waals surface area contributed by atoms with Gasteiger partial charge in [-0.25, -0.2) is 0 Å². The molecule has 1 fully saturated rings. The highest BCUT2D eigenvalue weighted by Gasteiger charge is 2.39. The van der Waals surface area contributed by atoms with Crippen molar-refractivity contribution in [1.29, 1.82) is 0 Å². The van der Waals surface area contributed by atoms with Crippen LogP contribution in [0.1, 0.15) is 94.6 Å². The van der Waals surface area contributed by atoms with E-state index in [0.29, 0.717) is 18.5 Å². The maximum Gasteiger partial charge on any atom is 0.224 e. The Kier molecular flexibility index (Phi) is 12.5. The van der Waals surface area contributed by atoms with Gasteiger partial charge >= 0.3 is 0 Å². The summed E-state index contributed by atoms with van der Waals surface area (Å²) in [6.45, 7) is 14.5. The van der Waals surface area contributed by atoms with Crippen LogP contribution in [0.25, 0.3) is 0 Å². The molecule has 228 valence electrons. The summed E-state index contributed by atoms with van der Waals surface area (Å²) in [6, 6.07) is 13.9. The first kappa shape index (κ1) is 33.3. The van der Waals surface area contributed by atoms with E-state index in [1.54, 1.807) is 6.07 Å². The molecule has 0 bridgehead atoms. The van der Waals surface area contributed by atoms with Crippen LogP contribution in [-0.2, 0) is 28.7 Å². The van der Waals surface area contributed by atoms with Crippen molar-refractivity contribution < 1.29 is 19.4 Å². The smallest absolute Gasteiger partial charge is 0.224 e. The van der Waals surface area contributed by atoms with Crippen molar-refractivity contribution in [3.8, 4) is 5.75 Å². The van der Waals surface area contributed by atoms with Crippen LogP contribution in [-0.4, -0.2) is 43.6 Å². The van der Waals surface area contributed by atoms with Gasteiger partial charge in [-0.3, -0.25) is 4.79 Å². The third-order valence-electron chi connectivity index (χ3n) is 9.04. The molecular formula is C34H54N2O4Si. The van der Waals surface area contributed by atoms with Crippen molar-refractivity contribution in [3.63, 3.8) is 0 Å². The molecule has 0 radical (unpaired) electrons. The second-order valence-corrected chi connectivity index (χ2v) is 18.3. The lowest BCUT2D eigenvalue weighted by Gasteiger charge is -2.40. The van der Waals surface area contributed by atoms with Crippen molar-refractivity contribution in [2.45, 2.75) is 116 Å². The Bertz CT molecular complexity index is 1110. The number of carbonyl (C=O) groups is 1. The lowest BCUT2D eigenvalue weighted by atomic mass is 9.87. The highest BCUT2D eigenvalue weighted by atomic mass is 28.4. The molecule has 0 saturated heterocycles. The number of nitrogens with one attached hydrogen (secondary N) is 2. The molecule has 4 N–H and O–H groups in total. The SMILES string of the molecule is C[C@H](Cc1cccc(CC(=O)NCCC2CCCCC2)c1)NC[C@@H](O[Si](C)(C)C(C)(C)C)c1ccc(O)c(CO)c1. The number of aliphatic hydroxyl groups excluding tert-OH is 1. The van der Waals surface area contributed by atoms with E-state index in [1.807, 2.05) is 24.3 Å². The molecule has 6 nitrogen and oxygen atoms in total. The molecule has 1 aliphatic carbocycles. The Hall–Kier alpha value is -2.19. The first-order valence-electron chi connectivity index (χ1n) is 15.6. The van der Waals surface area contributed by atoms with Gasteiger partial charge < -0.3 is 25.3 Å². The predicted molar refractivity (Wildman–Crippen MR) is 171 cm³/mol. The van der Waals surface area contributed by atoms with Gasteiger partial charge in [0.2, 0.25) is 5.91 Å². The number of phenols is 1. The fourth-order valence-electron chi connectivity index (χ4n) is 5.43. The van der Waals surface area contributed by atoms with Crippen molar-refractivity contribution in [1.82, 2.24) is 10.6 Å². The van der Waals surface area contributed by atoms with Gasteiger partial charge in [0, 0.05) is 24.7 Å². The van der Waals surface area contributed by atoms with Gasteiger partial charge in [0.1, 0.15) is 5.75 Å². The molecule has 2 atom stereocenters. The third kappa shape index (κ3) is 10.5. The van der Waals surface area contributed by atoms with Crippen molar-refractivity contribution in [2.24, 2.45) is 5.92 Å². The van der Waals surface area contributed by atoms with Crippen molar-refractivity contribution >= 4 is 14.2 Å². The first-order valence-corrected chi connectivity index (χ1v) is 18.5. The predicted octanol–water partition coefficient (Wildman–Crippen LogP) is 6.80. The Morgan fingerprint density at radius 1 is 1.07 bits per heavy atom. The van der Waals surface area contributed by atoms with Gasteiger partial charge in [0.15, 0.2) is 8.32 Å². The maximum absolute atomic E-state index is 12.6. The van der Waals surface area contributed by atoms with E-state index in [0.717, 1.165) is 36.4 Å². The molecule has 0 heterocycles. The summed E-state index contributed by atoms with van der Waals surface area (Å²) < 4.78 is 6.83. The van der Waals surface area contributed by atoms with E-state index in [9.17, 15) is 15.0 Å². The summed E-state index contributed by atoms with van der Waals surface area (Å²) in [4.78, 5) is 12.6. The molecule has 7 heteroatoms. The molecule has 0 unspecified atom stereocenters. The first-order chi connectivity index (χ1) is 19.4. The van der Waals surface area contributed by atoms with E-state index in [-0.39, 0.29) is 35.4 Å². The summed E-state index contributed by atoms with van der Waals surface area (Å²) >= 11 is 0. The lowest BCUT2D eigenvalue weighted by molar-refractivity contribution is -0.120. The summed E-state index contributed by atoms with van der Waals surface area (Å²) in [5.41, 5.74) is 3.71. The zero-order valence-corrected chi connectivity index (χ0v) is 27.3. The Labute approximate surface area is 249 Å². The average molecular weight is 583 g/mol. The summed E-state index contributed by atoms with van der Waals surface area (Å²) in [5.74, 6) is 0.978. The molecule has 1 aliphatic rings. The van der Waals surface area contributed by atoms with Gasteiger partial charge in [-0.05, 0) is 72.6 Å². The summed E-state index contributed by atoms with van der Waals surface area (Å²) in [6.07, 6.45) is 8.81. The number of benzene rings is 2. The monoisotopic (exact) mass is 582 g/mol. The topological polar surface area (TPSA) is 90.8 Å². The van der Waals surface area contributed by atoms with Gasteiger partial charge in [-0.1, -0.05) is 83.2 Å². The minimum absolute atomic E-state index is 0.0518. The van der Waals surface area contributed by atoms with Gasteiger partial charge in [-0.15, -0.1) is 0 Å². The van der Waals surface area contributed by atoms with Crippen molar-refractivity contribution in [3.05, 3.63) is 64.7 Å². The zero-order valence-electron chi connectivity index (χ0n) is 26.3. The zero-order chi connectivity index (χ0) is 30.0. The number of hydrogen-bond donors (Lipinski definition) is 4. The van der Waals surface area contributed by atoms with E-state index in [2.05, 4.69) is 63.6 Å². The lowest BCUT2D eigenvalue weighted by Crippen LogP contribution is -2.44. The van der Waals surface area contributed by atoms with E-state index in [4.69, 9.17) is 4.43 Å². The molecule has 41 heavy (non-hydrogen) atoms. The molecule has 0 aromatic heterocycles. The second kappa shape index (κ2) is 15.3. The van der Waals surface area contributed by atoms with Crippen LogP contribution < -0.4 is 10.6 Å². The molecule has 1 amide bonds. The van der Waals surface area contributed by atoms with Crippen LogP contribution >= 0.6 is 0 Å². The highest BCUT2D eigenvalue weighted by Crippen LogP contribution is 2.40. The normalized spacial score (nSPS) is 16.4. The van der Waals surface area contributed by atoms with Crippen LogP contribution in [0.5, 0.6) is 5.75 Å². The standard InChI is InChI=1S/C34H54N2O4Si/c1-25(19-27-13-10-14-28(20-27)21-33(39)35-18-17-26-11-8-7-9-12-26)36-23-32(40-41(5,6)34(2,3)4)29-15-16-31(38)30(22-29)24-37/h10,13-16,20,22,25-26,32,36-38H,7-9,11-12,17-19,21,23-24H2,1-6H3,(H,35,39)/t25-,32-/m1/s1. The number of hydrogen-bond acceptors (Lipinski definition) is 5. The van der Waals surface area contributed by atoms with Gasteiger partial charge in [0.05, 0.1) is 19.1 Å². The largest absolute Gasteiger partial charge is 0.508 e. The Balaban J connectivity index is 1.57. The van der Waals surface area contributed by atoms with Crippen LogP contribution in [0.3, 0.4) is 0 Å². The number of carbonyl (C=O) groups excluding carboxylic acids is 1. The van der Waals surface area contributed by atoms with Crippen LogP contribution in [0.2, 0.25) is 18.1 Å². The van der Waals surface area contributed by atoms with Gasteiger partial charge in [-0.2, -0.15) is 0 Å². The maximum atomic E-state index is 12.6. The van der Waals surface area contributed by atoms with Crippen LogP contribution in [0.15, 0.2) is 42.5 Å². The summed E-state index contributed by atoms with van der Waals surface area (Å²) in [7, 11) is -2.08. The molecule has 3 rings (SSSR count). The fraction of sp³-hybridized carbons (Fsp3) is 0.618. The van der Waals surface area contributed by atoms with Gasteiger partial charge in [0.25, 0.3) is 0 Å². The minimum Gasteiger partial charge on any atom is -0.508 e. The average Bonchev–Trinajstić information content (AvgIpc) is 2.91. The Morgan fingerprint density at radius 2 is 1.78 bits per heavy atom. The van der Waals surface area contributed by atoms with Crippen LogP contribution in [0.4, 0.5) is 0 Å². The quantitative estimate of drug-likeness (QED) is 0.184. The molecule has 0 aliphatic heterocycles. The molecule has 0 spiro atoms. The fourth-order valence-corrected chi connectivity index (χ4v) is 6.72. The van der Waals surface area contributed by atoms with E-state index < -0.39 is 8.32 Å². The Morgan fingerprint density at radius 3 is 2.46 bits per heavy atom. The molecular weight excluding hydrogens is 528 g/mol. The minimum atomic E-state index is -2.08. The number of rotatable bonds is 14. The van der Waals surface area contributed by atoms with Crippen molar-refractivity contribution in [2.75, 3.05) is 13.1 Å². The molecule has 2 aromatic carbocycles. The highest BCUT2D eigenvalue weighted by molar-refractivity contribution is 6.74. The second-order valence-electron chi connectivity index (χ2n) is 13.6.